The summed E-state index contributed by atoms with van der Waals surface area (Å²) in [6.07, 6.45) is 1.10. The molecule has 0 radical (unpaired) electrons. The standard InChI is InChI=1S/C19H18BrFN6O6S/c1-34(30,31)9-8-22-18-17(24-33-26-18)19(23-13-4-7-16(21)15(20)10-13)25-32-11-12-2-5-14(6-3-12)27(28)29/h2-7,10H,8-9,11H2,1H3,(H,22,26)(H,23,25). The van der Waals surface area contributed by atoms with Crippen LogP contribution in [0.3, 0.4) is 0 Å². The Morgan fingerprint density at radius 3 is 2.65 bits per heavy atom. The second-order valence-electron chi connectivity index (χ2n) is 6.91. The lowest BCUT2D eigenvalue weighted by Crippen LogP contribution is -2.19. The van der Waals surface area contributed by atoms with Crippen LogP contribution in [0.5, 0.6) is 0 Å². The van der Waals surface area contributed by atoms with Crippen molar-refractivity contribution in [1.82, 2.24) is 10.3 Å². The zero-order valence-corrected chi connectivity index (χ0v) is 20.0. The van der Waals surface area contributed by atoms with E-state index >= 15 is 0 Å². The molecule has 0 spiro atoms. The number of nitrogens with one attached hydrogen (secondary N) is 2. The molecule has 180 valence electrons. The van der Waals surface area contributed by atoms with Crippen LogP contribution in [0.25, 0.3) is 0 Å². The maximum Gasteiger partial charge on any atom is 0.269 e. The van der Waals surface area contributed by atoms with Crippen LogP contribution in [0.15, 0.2) is 56.7 Å². The number of non-ortho nitro benzene ring substituents is 1. The molecule has 0 fully saturated rings. The van der Waals surface area contributed by atoms with Gasteiger partial charge in [-0.1, -0.05) is 5.16 Å². The van der Waals surface area contributed by atoms with Crippen molar-refractivity contribution in [2.45, 2.75) is 6.61 Å². The lowest BCUT2D eigenvalue weighted by atomic mass is 10.2. The van der Waals surface area contributed by atoms with Crippen LogP contribution in [-0.2, 0) is 21.3 Å². The minimum absolute atomic E-state index is 0.0294. The Labute approximate surface area is 201 Å². The molecule has 1 aromatic heterocycles. The fraction of sp³-hybridized carbons (Fsp3) is 0.211. The molecule has 3 rings (SSSR count). The Morgan fingerprint density at radius 2 is 2.00 bits per heavy atom. The largest absolute Gasteiger partial charge is 0.389 e. The lowest BCUT2D eigenvalue weighted by molar-refractivity contribution is -0.384. The Kier molecular flexibility index (Phi) is 8.12. The first-order valence-corrected chi connectivity index (χ1v) is 12.4. The summed E-state index contributed by atoms with van der Waals surface area (Å²) in [5.74, 6) is -0.482. The van der Waals surface area contributed by atoms with Gasteiger partial charge in [-0.25, -0.2) is 17.4 Å². The van der Waals surface area contributed by atoms with E-state index in [4.69, 9.17) is 9.47 Å². The van der Waals surface area contributed by atoms with Gasteiger partial charge in [-0.05, 0) is 62.1 Å². The van der Waals surface area contributed by atoms with Crippen LogP contribution < -0.4 is 10.6 Å². The van der Waals surface area contributed by atoms with E-state index in [0.717, 1.165) is 6.26 Å². The number of halogens is 2. The number of aromatic nitrogens is 2. The molecule has 0 atom stereocenters. The van der Waals surface area contributed by atoms with E-state index in [-0.39, 0.29) is 46.4 Å². The van der Waals surface area contributed by atoms with Crippen molar-refractivity contribution in [3.63, 3.8) is 0 Å². The van der Waals surface area contributed by atoms with Crippen molar-refractivity contribution in [2.24, 2.45) is 5.16 Å². The minimum atomic E-state index is -3.22. The molecule has 0 saturated carbocycles. The first-order chi connectivity index (χ1) is 16.1. The summed E-state index contributed by atoms with van der Waals surface area (Å²) in [4.78, 5) is 15.7. The number of sulfone groups is 1. The van der Waals surface area contributed by atoms with Gasteiger partial charge in [-0.3, -0.25) is 10.1 Å². The highest BCUT2D eigenvalue weighted by atomic mass is 79.9. The summed E-state index contributed by atoms with van der Waals surface area (Å²) in [7, 11) is -3.22. The second-order valence-corrected chi connectivity index (χ2v) is 10.0. The third-order valence-electron chi connectivity index (χ3n) is 4.19. The SMILES string of the molecule is CS(=O)(=O)CCNc1nonc1/C(=N/OCc1ccc([N+](=O)[O-])cc1)Nc1ccc(F)c(Br)c1. The van der Waals surface area contributed by atoms with Crippen molar-refractivity contribution in [3.05, 3.63) is 74.1 Å². The molecule has 12 nitrogen and oxygen atoms in total. The van der Waals surface area contributed by atoms with Gasteiger partial charge >= 0.3 is 0 Å². The van der Waals surface area contributed by atoms with Crippen LogP contribution in [0.2, 0.25) is 0 Å². The van der Waals surface area contributed by atoms with Crippen molar-refractivity contribution in [3.8, 4) is 0 Å². The highest BCUT2D eigenvalue weighted by Crippen LogP contribution is 2.22. The Balaban J connectivity index is 1.81. The summed E-state index contributed by atoms with van der Waals surface area (Å²) in [5.41, 5.74) is 1.06. The molecule has 0 aliphatic rings. The Bertz CT molecular complexity index is 1300. The van der Waals surface area contributed by atoms with E-state index in [1.807, 2.05) is 0 Å². The van der Waals surface area contributed by atoms with Gasteiger partial charge in [0.1, 0.15) is 22.3 Å². The molecule has 0 bridgehead atoms. The number of hydrogen-bond acceptors (Lipinski definition) is 10. The van der Waals surface area contributed by atoms with Crippen LogP contribution >= 0.6 is 15.9 Å². The van der Waals surface area contributed by atoms with Crippen LogP contribution in [0.4, 0.5) is 21.6 Å². The Hall–Kier alpha value is -3.59. The fourth-order valence-electron chi connectivity index (χ4n) is 2.54. The summed E-state index contributed by atoms with van der Waals surface area (Å²) >= 11 is 3.10. The number of rotatable bonds is 10. The first-order valence-electron chi connectivity index (χ1n) is 9.52. The van der Waals surface area contributed by atoms with E-state index in [0.29, 0.717) is 11.3 Å². The number of nitro benzene ring substituents is 1. The van der Waals surface area contributed by atoms with Gasteiger partial charge in [0.05, 0.1) is 15.1 Å². The molecule has 15 heteroatoms. The van der Waals surface area contributed by atoms with Gasteiger partial charge in [-0.15, -0.1) is 0 Å². The molecule has 0 amide bonds. The summed E-state index contributed by atoms with van der Waals surface area (Å²) in [6, 6.07) is 9.86. The molecule has 3 aromatic rings. The lowest BCUT2D eigenvalue weighted by Gasteiger charge is -2.10. The molecule has 0 aliphatic carbocycles. The summed E-state index contributed by atoms with van der Waals surface area (Å²) < 4.78 is 41.4. The van der Waals surface area contributed by atoms with E-state index in [1.165, 1.54) is 42.5 Å². The predicted molar refractivity (Wildman–Crippen MR) is 125 cm³/mol. The smallest absolute Gasteiger partial charge is 0.269 e. The third kappa shape index (κ3) is 7.21. The van der Waals surface area contributed by atoms with Gasteiger partial charge in [0.15, 0.2) is 5.69 Å². The number of hydrogen-bond donors (Lipinski definition) is 2. The van der Waals surface area contributed by atoms with Crippen molar-refractivity contribution in [2.75, 3.05) is 29.2 Å². The molecular weight excluding hydrogens is 539 g/mol. The number of nitro groups is 1. The van der Waals surface area contributed by atoms with Gasteiger partial charge in [0.2, 0.25) is 11.7 Å². The van der Waals surface area contributed by atoms with Gasteiger partial charge in [-0.2, -0.15) is 0 Å². The van der Waals surface area contributed by atoms with Crippen molar-refractivity contribution in [1.29, 1.82) is 0 Å². The van der Waals surface area contributed by atoms with Gasteiger partial charge < -0.3 is 15.5 Å². The maximum atomic E-state index is 13.6. The second kappa shape index (κ2) is 11.0. The molecule has 34 heavy (non-hydrogen) atoms. The quantitative estimate of drug-likeness (QED) is 0.164. The predicted octanol–water partition coefficient (Wildman–Crippen LogP) is 3.33. The van der Waals surface area contributed by atoms with Gasteiger partial charge in [0.25, 0.3) is 5.69 Å². The number of anilines is 2. The molecule has 2 aromatic carbocycles. The molecular formula is C19H18BrFN6O6S. The maximum absolute atomic E-state index is 13.6. The number of benzene rings is 2. The average Bonchev–Trinajstić information content (AvgIpc) is 3.23. The Morgan fingerprint density at radius 1 is 1.26 bits per heavy atom. The molecule has 1 heterocycles. The highest BCUT2D eigenvalue weighted by Gasteiger charge is 2.19. The van der Waals surface area contributed by atoms with E-state index in [1.54, 1.807) is 0 Å². The molecule has 0 unspecified atom stereocenters. The van der Waals surface area contributed by atoms with Crippen molar-refractivity contribution >= 4 is 48.8 Å². The summed E-state index contributed by atoms with van der Waals surface area (Å²) in [6.45, 7) is 0.0114. The van der Waals surface area contributed by atoms with E-state index in [2.05, 4.69) is 42.0 Å². The van der Waals surface area contributed by atoms with Crippen LogP contribution in [0, 0.1) is 15.9 Å². The first kappa shape index (κ1) is 25.0. The average molecular weight is 557 g/mol. The molecule has 0 aliphatic heterocycles. The normalized spacial score (nSPS) is 11.8. The number of nitrogens with zero attached hydrogens (tertiary/aromatic N) is 4. The van der Waals surface area contributed by atoms with Crippen LogP contribution in [0.1, 0.15) is 11.3 Å². The molecule has 2 N–H and O–H groups in total. The zero-order chi connectivity index (χ0) is 24.7. The van der Waals surface area contributed by atoms with E-state index in [9.17, 15) is 22.9 Å². The topological polar surface area (TPSA) is 162 Å². The van der Waals surface area contributed by atoms with E-state index < -0.39 is 20.6 Å². The van der Waals surface area contributed by atoms with Crippen LogP contribution in [-0.4, -0.2) is 48.0 Å². The fourth-order valence-corrected chi connectivity index (χ4v) is 3.39. The number of amidine groups is 1. The van der Waals surface area contributed by atoms with Gasteiger partial charge in [0, 0.05) is 30.6 Å². The third-order valence-corrected chi connectivity index (χ3v) is 5.75. The molecule has 0 saturated heterocycles. The summed E-state index contributed by atoms with van der Waals surface area (Å²) in [5, 5.41) is 28.1. The zero-order valence-electron chi connectivity index (χ0n) is 17.6. The highest BCUT2D eigenvalue weighted by molar-refractivity contribution is 9.10. The van der Waals surface area contributed by atoms with Crippen molar-refractivity contribution < 1.29 is 27.2 Å². The number of oxime groups is 1. The minimum Gasteiger partial charge on any atom is -0.389 e. The monoisotopic (exact) mass is 556 g/mol.